The van der Waals surface area contributed by atoms with Crippen LogP contribution in [-0.2, 0) is 10.0 Å². The van der Waals surface area contributed by atoms with Crippen molar-refractivity contribution in [2.45, 2.75) is 31.3 Å². The van der Waals surface area contributed by atoms with E-state index in [1.54, 1.807) is 20.8 Å². The van der Waals surface area contributed by atoms with Gasteiger partial charge in [0, 0.05) is 13.1 Å². The number of β-amino-alcohol motifs (C(OH)–C–C–N with tert-alkyl or cyclic N) is 1. The molecule has 0 atom stereocenters. The van der Waals surface area contributed by atoms with Crippen molar-refractivity contribution in [2.75, 3.05) is 13.1 Å². The third kappa shape index (κ3) is 1.64. The van der Waals surface area contributed by atoms with Crippen LogP contribution < -0.4 is 0 Å². The highest BCUT2D eigenvalue weighted by Gasteiger charge is 2.45. The Morgan fingerprint density at radius 3 is 2.38 bits per heavy atom. The molecule has 0 radical (unpaired) electrons. The monoisotopic (exact) mass is 245 g/mol. The molecule has 0 saturated carbocycles. The first-order valence-electron chi connectivity index (χ1n) is 4.98. The lowest BCUT2D eigenvalue weighted by Crippen LogP contribution is -2.61. The highest BCUT2D eigenvalue weighted by atomic mass is 32.2. The zero-order valence-corrected chi connectivity index (χ0v) is 10.3. The standard InChI is InChI=1S/C9H15N3O3S/c1-6-8(7(2)11-10-6)16(14,15)12-4-9(3,13)5-12/h13H,4-5H2,1-3H3,(H,10,11). The van der Waals surface area contributed by atoms with Crippen molar-refractivity contribution in [3.8, 4) is 0 Å². The second-order valence-corrected chi connectivity index (χ2v) is 6.41. The van der Waals surface area contributed by atoms with E-state index in [1.807, 2.05) is 0 Å². The van der Waals surface area contributed by atoms with Gasteiger partial charge in [0.05, 0.1) is 17.0 Å². The second-order valence-electron chi connectivity index (χ2n) is 4.53. The van der Waals surface area contributed by atoms with Crippen LogP contribution in [0.5, 0.6) is 0 Å². The van der Waals surface area contributed by atoms with Crippen molar-refractivity contribution in [1.29, 1.82) is 0 Å². The van der Waals surface area contributed by atoms with E-state index in [0.29, 0.717) is 11.4 Å². The van der Waals surface area contributed by atoms with Gasteiger partial charge < -0.3 is 5.11 Å². The number of aromatic amines is 1. The number of nitrogens with zero attached hydrogens (tertiary/aromatic N) is 2. The summed E-state index contributed by atoms with van der Waals surface area (Å²) in [5, 5.41) is 16.1. The van der Waals surface area contributed by atoms with E-state index in [-0.39, 0.29) is 18.0 Å². The van der Waals surface area contributed by atoms with Gasteiger partial charge in [0.15, 0.2) is 0 Å². The Kier molecular flexibility index (Phi) is 2.37. The van der Waals surface area contributed by atoms with Crippen LogP contribution in [0.1, 0.15) is 18.3 Å². The van der Waals surface area contributed by atoms with Crippen molar-refractivity contribution in [1.82, 2.24) is 14.5 Å². The topological polar surface area (TPSA) is 86.3 Å². The van der Waals surface area contributed by atoms with Crippen LogP contribution in [0.25, 0.3) is 0 Å². The molecule has 1 aliphatic rings. The minimum absolute atomic E-state index is 0.138. The molecule has 1 fully saturated rings. The smallest absolute Gasteiger partial charge is 0.246 e. The van der Waals surface area contributed by atoms with Gasteiger partial charge in [-0.3, -0.25) is 5.10 Å². The Labute approximate surface area is 94.3 Å². The van der Waals surface area contributed by atoms with E-state index in [4.69, 9.17) is 0 Å². The largest absolute Gasteiger partial charge is 0.387 e. The summed E-state index contributed by atoms with van der Waals surface area (Å²) in [6, 6.07) is 0. The molecule has 0 spiro atoms. The maximum absolute atomic E-state index is 12.2. The summed E-state index contributed by atoms with van der Waals surface area (Å²) in [7, 11) is -3.51. The minimum atomic E-state index is -3.51. The van der Waals surface area contributed by atoms with Gasteiger partial charge in [-0.1, -0.05) is 0 Å². The summed E-state index contributed by atoms with van der Waals surface area (Å²) in [4.78, 5) is 0.225. The average molecular weight is 245 g/mol. The van der Waals surface area contributed by atoms with E-state index in [0.717, 1.165) is 0 Å². The number of hydrogen-bond acceptors (Lipinski definition) is 4. The molecule has 2 heterocycles. The van der Waals surface area contributed by atoms with Crippen LogP contribution in [0.4, 0.5) is 0 Å². The van der Waals surface area contributed by atoms with E-state index in [9.17, 15) is 13.5 Å². The SMILES string of the molecule is Cc1n[nH]c(C)c1S(=O)(=O)N1CC(C)(O)C1. The van der Waals surface area contributed by atoms with Gasteiger partial charge in [-0.2, -0.15) is 9.40 Å². The highest BCUT2D eigenvalue weighted by Crippen LogP contribution is 2.29. The lowest BCUT2D eigenvalue weighted by Gasteiger charge is -2.42. The molecule has 1 saturated heterocycles. The fraction of sp³-hybridized carbons (Fsp3) is 0.667. The molecule has 1 aromatic rings. The first-order valence-corrected chi connectivity index (χ1v) is 6.42. The van der Waals surface area contributed by atoms with Crippen molar-refractivity contribution in [2.24, 2.45) is 0 Å². The minimum Gasteiger partial charge on any atom is -0.387 e. The third-order valence-corrected chi connectivity index (χ3v) is 4.75. The molecule has 1 aliphatic heterocycles. The fourth-order valence-electron chi connectivity index (χ4n) is 1.93. The molecular weight excluding hydrogens is 230 g/mol. The molecule has 0 unspecified atom stereocenters. The van der Waals surface area contributed by atoms with Crippen molar-refractivity contribution in [3.63, 3.8) is 0 Å². The van der Waals surface area contributed by atoms with E-state index >= 15 is 0 Å². The Morgan fingerprint density at radius 1 is 1.44 bits per heavy atom. The quantitative estimate of drug-likeness (QED) is 0.754. The summed E-state index contributed by atoms with van der Waals surface area (Å²) in [6.07, 6.45) is 0. The van der Waals surface area contributed by atoms with E-state index in [2.05, 4.69) is 10.2 Å². The maximum Gasteiger partial charge on any atom is 0.246 e. The summed E-state index contributed by atoms with van der Waals surface area (Å²) < 4.78 is 25.6. The van der Waals surface area contributed by atoms with Gasteiger partial charge >= 0.3 is 0 Å². The number of nitrogens with one attached hydrogen (secondary N) is 1. The molecule has 7 heteroatoms. The fourth-order valence-corrected chi connectivity index (χ4v) is 3.94. The Hall–Kier alpha value is -0.920. The first-order chi connectivity index (χ1) is 7.24. The summed E-state index contributed by atoms with van der Waals surface area (Å²) in [5.41, 5.74) is 0.0894. The first kappa shape index (κ1) is 11.6. The molecule has 90 valence electrons. The summed E-state index contributed by atoms with van der Waals surface area (Å²) in [6.45, 7) is 5.21. The van der Waals surface area contributed by atoms with E-state index < -0.39 is 15.6 Å². The maximum atomic E-state index is 12.2. The van der Waals surface area contributed by atoms with Crippen LogP contribution in [0.2, 0.25) is 0 Å². The van der Waals surface area contributed by atoms with Gasteiger partial charge in [0.1, 0.15) is 4.90 Å². The van der Waals surface area contributed by atoms with Crippen LogP contribution in [-0.4, -0.2) is 46.7 Å². The van der Waals surface area contributed by atoms with Gasteiger partial charge in [0.2, 0.25) is 10.0 Å². The van der Waals surface area contributed by atoms with Crippen LogP contribution in [0.15, 0.2) is 4.90 Å². The van der Waals surface area contributed by atoms with Crippen molar-refractivity contribution < 1.29 is 13.5 Å². The lowest BCUT2D eigenvalue weighted by atomic mass is 10.0. The number of aliphatic hydroxyl groups is 1. The average Bonchev–Trinajstić information content (AvgIpc) is 2.42. The number of H-pyrrole nitrogens is 1. The number of aryl methyl sites for hydroxylation is 2. The number of rotatable bonds is 2. The Bertz CT molecular complexity index is 491. The summed E-state index contributed by atoms with van der Waals surface area (Å²) >= 11 is 0. The Balaban J connectivity index is 2.35. The molecule has 6 nitrogen and oxygen atoms in total. The van der Waals surface area contributed by atoms with Crippen molar-refractivity contribution >= 4 is 10.0 Å². The van der Waals surface area contributed by atoms with Crippen LogP contribution >= 0.6 is 0 Å². The number of aromatic nitrogens is 2. The lowest BCUT2D eigenvalue weighted by molar-refractivity contribution is -0.0426. The zero-order chi connectivity index (χ0) is 12.1. The van der Waals surface area contributed by atoms with Gasteiger partial charge in [-0.25, -0.2) is 8.42 Å². The van der Waals surface area contributed by atoms with Crippen LogP contribution in [0, 0.1) is 13.8 Å². The zero-order valence-electron chi connectivity index (χ0n) is 9.48. The molecule has 0 bridgehead atoms. The number of hydrogen-bond donors (Lipinski definition) is 2. The second kappa shape index (κ2) is 3.28. The molecule has 2 N–H and O–H groups in total. The van der Waals surface area contributed by atoms with Gasteiger partial charge in [0.25, 0.3) is 0 Å². The molecule has 2 rings (SSSR count). The summed E-state index contributed by atoms with van der Waals surface area (Å²) in [5.74, 6) is 0. The van der Waals surface area contributed by atoms with Gasteiger partial charge in [-0.15, -0.1) is 0 Å². The number of sulfonamides is 1. The normalized spacial score (nSPS) is 20.8. The predicted octanol–water partition coefficient (Wildman–Crippen LogP) is -0.218. The van der Waals surface area contributed by atoms with E-state index in [1.165, 1.54) is 4.31 Å². The molecular formula is C9H15N3O3S. The molecule has 16 heavy (non-hydrogen) atoms. The third-order valence-electron chi connectivity index (χ3n) is 2.69. The molecule has 0 aliphatic carbocycles. The van der Waals surface area contributed by atoms with Crippen molar-refractivity contribution in [3.05, 3.63) is 11.4 Å². The van der Waals surface area contributed by atoms with Crippen LogP contribution in [0.3, 0.4) is 0 Å². The molecule has 0 amide bonds. The van der Waals surface area contributed by atoms with Gasteiger partial charge in [-0.05, 0) is 20.8 Å². The molecule has 0 aromatic carbocycles. The predicted molar refractivity (Wildman–Crippen MR) is 57.4 cm³/mol. The highest BCUT2D eigenvalue weighted by molar-refractivity contribution is 7.89. The Morgan fingerprint density at radius 2 is 2.00 bits per heavy atom. The molecule has 1 aromatic heterocycles.